The van der Waals surface area contributed by atoms with Gasteiger partial charge in [-0.25, -0.2) is 0 Å². The molecular weight excluding hydrogens is 657 g/mol. The van der Waals surface area contributed by atoms with Gasteiger partial charge < -0.3 is 28.9 Å². The fourth-order valence-electron chi connectivity index (χ4n) is 6.93. The fourth-order valence-corrected chi connectivity index (χ4v) is 7.61. The number of hydrogen-bond donors (Lipinski definition) is 0. The Morgan fingerprint density at radius 3 is 2.57 bits per heavy atom. The van der Waals surface area contributed by atoms with Gasteiger partial charge in [-0.3, -0.25) is 14.6 Å². The van der Waals surface area contributed by atoms with E-state index in [4.69, 9.17) is 14.2 Å². The second kappa shape index (κ2) is 14.8. The first-order valence-corrected chi connectivity index (χ1v) is 17.5. The Morgan fingerprint density at radius 2 is 1.88 bits per heavy atom. The second-order valence-electron chi connectivity index (χ2n) is 12.6. The average Bonchev–Trinajstić information content (AvgIpc) is 3.85. The quantitative estimate of drug-likeness (QED) is 0.160. The number of carbonyl (C=O) groups is 2. The van der Waals surface area contributed by atoms with E-state index in [0.29, 0.717) is 75.0 Å². The highest BCUT2D eigenvalue weighted by Gasteiger charge is 2.56. The fraction of sp³-hybridized carbons (Fsp3) is 0.472. The molecule has 3 aromatic rings. The maximum atomic E-state index is 14.9. The molecule has 1 aliphatic carbocycles. The molecule has 13 heteroatoms. The van der Waals surface area contributed by atoms with Crippen LogP contribution in [0.1, 0.15) is 58.8 Å². The van der Waals surface area contributed by atoms with Crippen molar-refractivity contribution in [2.75, 3.05) is 57.9 Å². The number of aromatic nitrogens is 1. The van der Waals surface area contributed by atoms with Gasteiger partial charge in [0.1, 0.15) is 23.0 Å². The van der Waals surface area contributed by atoms with Crippen molar-refractivity contribution in [3.05, 3.63) is 82.8 Å². The number of benzene rings is 1. The minimum Gasteiger partial charge on any atom is -0.489 e. The Kier molecular flexibility index (Phi) is 10.5. The molecule has 49 heavy (non-hydrogen) atoms. The molecule has 6 rings (SSSR count). The van der Waals surface area contributed by atoms with E-state index < -0.39 is 22.7 Å². The molecular formula is C36H41F3N4O5S. The normalized spacial score (nSPS) is 21.4. The van der Waals surface area contributed by atoms with Crippen LogP contribution in [0.5, 0.6) is 11.5 Å². The number of nitrogens with zero attached hydrogens (tertiary/aromatic N) is 4. The summed E-state index contributed by atoms with van der Waals surface area (Å²) in [6.45, 7) is 6.82. The summed E-state index contributed by atoms with van der Waals surface area (Å²) in [4.78, 5) is 38.2. The summed E-state index contributed by atoms with van der Waals surface area (Å²) in [6.07, 6.45) is 3.16. The van der Waals surface area contributed by atoms with E-state index in [1.165, 1.54) is 5.38 Å². The third kappa shape index (κ3) is 7.42. The minimum absolute atomic E-state index is 0.0464. The highest BCUT2D eigenvalue weighted by Crippen LogP contribution is 2.44. The van der Waals surface area contributed by atoms with Crippen LogP contribution >= 0.6 is 11.3 Å². The largest absolute Gasteiger partial charge is 0.489 e. The molecule has 0 unspecified atom stereocenters. The van der Waals surface area contributed by atoms with Crippen LogP contribution in [0.4, 0.5) is 18.9 Å². The van der Waals surface area contributed by atoms with Crippen molar-refractivity contribution in [1.29, 1.82) is 0 Å². The van der Waals surface area contributed by atoms with Crippen molar-refractivity contribution in [2.24, 2.45) is 0 Å². The van der Waals surface area contributed by atoms with E-state index >= 15 is 0 Å². The predicted octanol–water partition coefficient (Wildman–Crippen LogP) is 6.41. The SMILES string of the molecule is C=CC[C@H]1N(C(=O)c2cnccc2C2CC2)CCC[C@@]1(Oc1csc(C(F)(F)F)c1)C(=O)N1CCN(c2ccccc2OCCOC)CC1. The number of pyridine rings is 1. The lowest BCUT2D eigenvalue weighted by molar-refractivity contribution is -0.158. The molecule has 0 bridgehead atoms. The van der Waals surface area contributed by atoms with Gasteiger partial charge in [-0.1, -0.05) is 18.2 Å². The van der Waals surface area contributed by atoms with Crippen LogP contribution in [0.25, 0.3) is 0 Å². The number of anilines is 1. The molecule has 3 fully saturated rings. The molecule has 2 atom stereocenters. The van der Waals surface area contributed by atoms with E-state index in [-0.39, 0.29) is 36.3 Å². The number of amides is 2. The van der Waals surface area contributed by atoms with Crippen LogP contribution in [-0.2, 0) is 15.7 Å². The summed E-state index contributed by atoms with van der Waals surface area (Å²) in [7, 11) is 1.61. The van der Waals surface area contributed by atoms with Crippen LogP contribution < -0.4 is 14.4 Å². The Hall–Kier alpha value is -4.10. The minimum atomic E-state index is -4.56. The first-order valence-electron chi connectivity index (χ1n) is 16.6. The molecule has 4 heterocycles. The zero-order valence-corrected chi connectivity index (χ0v) is 28.3. The molecule has 1 saturated carbocycles. The number of likely N-dealkylation sites (tertiary alicyclic amines) is 1. The summed E-state index contributed by atoms with van der Waals surface area (Å²) < 4.78 is 58.6. The number of halogens is 3. The van der Waals surface area contributed by atoms with Crippen LogP contribution in [0.3, 0.4) is 0 Å². The van der Waals surface area contributed by atoms with Crippen LogP contribution in [0.2, 0.25) is 0 Å². The number of rotatable bonds is 12. The number of carbonyl (C=O) groups excluding carboxylic acids is 2. The Labute approximate surface area is 288 Å². The lowest BCUT2D eigenvalue weighted by Gasteiger charge is -2.50. The summed E-state index contributed by atoms with van der Waals surface area (Å²) in [5.74, 6) is 0.332. The molecule has 2 aliphatic heterocycles. The van der Waals surface area contributed by atoms with Gasteiger partial charge in [0, 0.05) is 70.1 Å². The number of hydrogen-bond acceptors (Lipinski definition) is 8. The van der Waals surface area contributed by atoms with Crippen LogP contribution in [-0.4, -0.2) is 91.3 Å². The van der Waals surface area contributed by atoms with E-state index in [0.717, 1.165) is 30.2 Å². The van der Waals surface area contributed by atoms with E-state index in [2.05, 4.69) is 16.5 Å². The molecule has 9 nitrogen and oxygen atoms in total. The first-order chi connectivity index (χ1) is 23.7. The molecule has 0 radical (unpaired) electrons. The van der Waals surface area contributed by atoms with Gasteiger partial charge >= 0.3 is 6.18 Å². The molecule has 3 aliphatic rings. The number of ether oxygens (including phenoxy) is 3. The molecule has 1 aromatic carbocycles. The number of alkyl halides is 3. The number of piperazine rings is 1. The zero-order chi connectivity index (χ0) is 34.6. The van der Waals surface area contributed by atoms with Crippen molar-refractivity contribution < 1.29 is 37.0 Å². The standard InChI is InChI=1S/C36H41F3N4O5S/c1-3-7-31-35(48-26-22-32(49-24-26)36(37,38)39,13-6-15-43(31)33(44)28-23-40-14-12-27(28)25-10-11-25)34(45)42-18-16-41(17-19-42)29-8-4-5-9-30(29)47-21-20-46-2/h3-5,8-9,12,14,22-25,31H,1,6-7,10-11,13,15-21H2,2H3/t31-,35+/m1/s1. The molecule has 262 valence electrons. The first kappa shape index (κ1) is 34.8. The Balaban J connectivity index is 1.31. The molecule has 2 amide bonds. The van der Waals surface area contributed by atoms with Gasteiger partial charge in [0.15, 0.2) is 0 Å². The Bertz CT molecular complexity index is 1640. The summed E-state index contributed by atoms with van der Waals surface area (Å²) >= 11 is 0.518. The van der Waals surface area contributed by atoms with Gasteiger partial charge in [-0.15, -0.1) is 17.9 Å². The number of methoxy groups -OCH3 is 1. The third-order valence-corrected chi connectivity index (χ3v) is 10.4. The molecule has 2 aromatic heterocycles. The van der Waals surface area contributed by atoms with Crippen molar-refractivity contribution in [3.8, 4) is 11.5 Å². The van der Waals surface area contributed by atoms with Crippen molar-refractivity contribution in [2.45, 2.75) is 55.8 Å². The molecule has 0 spiro atoms. The van der Waals surface area contributed by atoms with Crippen LogP contribution in [0, 0.1) is 0 Å². The highest BCUT2D eigenvalue weighted by molar-refractivity contribution is 7.10. The van der Waals surface area contributed by atoms with Crippen molar-refractivity contribution in [3.63, 3.8) is 0 Å². The predicted molar refractivity (Wildman–Crippen MR) is 180 cm³/mol. The maximum Gasteiger partial charge on any atom is 0.425 e. The molecule has 2 saturated heterocycles. The monoisotopic (exact) mass is 698 g/mol. The number of thiophene rings is 1. The summed E-state index contributed by atoms with van der Waals surface area (Å²) in [5.41, 5.74) is 0.668. The smallest absolute Gasteiger partial charge is 0.425 e. The zero-order valence-electron chi connectivity index (χ0n) is 27.5. The topological polar surface area (TPSA) is 84.4 Å². The highest BCUT2D eigenvalue weighted by atomic mass is 32.1. The van der Waals surface area contributed by atoms with Gasteiger partial charge in [-0.2, -0.15) is 13.2 Å². The van der Waals surface area contributed by atoms with Crippen molar-refractivity contribution >= 4 is 28.8 Å². The molecule has 0 N–H and O–H groups in total. The van der Waals surface area contributed by atoms with E-state index in [1.54, 1.807) is 35.4 Å². The van der Waals surface area contributed by atoms with Crippen molar-refractivity contribution in [1.82, 2.24) is 14.8 Å². The van der Waals surface area contributed by atoms with Gasteiger partial charge in [-0.05, 0) is 55.4 Å². The number of piperidine rings is 1. The van der Waals surface area contributed by atoms with E-state index in [1.807, 2.05) is 30.3 Å². The lowest BCUT2D eigenvalue weighted by Crippen LogP contribution is -2.69. The van der Waals surface area contributed by atoms with Gasteiger partial charge in [0.05, 0.1) is 23.9 Å². The maximum absolute atomic E-state index is 14.9. The lowest BCUT2D eigenvalue weighted by atomic mass is 9.80. The van der Waals surface area contributed by atoms with Gasteiger partial charge in [0.25, 0.3) is 11.8 Å². The van der Waals surface area contributed by atoms with Crippen LogP contribution in [0.15, 0.2) is 66.8 Å². The average molecular weight is 699 g/mol. The summed E-state index contributed by atoms with van der Waals surface area (Å²) in [5, 5.41) is 1.29. The number of para-hydroxylation sites is 2. The summed E-state index contributed by atoms with van der Waals surface area (Å²) in [6, 6.07) is 9.69. The second-order valence-corrected chi connectivity index (χ2v) is 13.5. The van der Waals surface area contributed by atoms with Gasteiger partial charge in [0.2, 0.25) is 5.60 Å². The van der Waals surface area contributed by atoms with E-state index in [9.17, 15) is 22.8 Å². The Morgan fingerprint density at radius 1 is 1.10 bits per heavy atom. The third-order valence-electron chi connectivity index (χ3n) is 9.45.